The summed E-state index contributed by atoms with van der Waals surface area (Å²) in [4.78, 5) is 32.8. The molecule has 3 aromatic rings. The van der Waals surface area contributed by atoms with Crippen molar-refractivity contribution in [3.05, 3.63) is 82.2 Å². The molecule has 2 aromatic heterocycles. The first kappa shape index (κ1) is 32.4. The van der Waals surface area contributed by atoms with Crippen LogP contribution in [0.1, 0.15) is 51.2 Å². The number of likely N-dealkylation sites (tertiary alicyclic amines) is 1. The van der Waals surface area contributed by atoms with Crippen molar-refractivity contribution in [2.24, 2.45) is 0 Å². The largest absolute Gasteiger partial charge is 0.455 e. The third kappa shape index (κ3) is 7.92. The number of piperidine rings is 1. The summed E-state index contributed by atoms with van der Waals surface area (Å²) in [7, 11) is -2.08. The Morgan fingerprint density at radius 2 is 1.95 bits per heavy atom. The van der Waals surface area contributed by atoms with E-state index in [1.54, 1.807) is 30.0 Å². The van der Waals surface area contributed by atoms with Gasteiger partial charge in [0.2, 0.25) is 11.5 Å². The Morgan fingerprint density at radius 1 is 1.21 bits per heavy atom. The number of benzene rings is 1. The van der Waals surface area contributed by atoms with Crippen molar-refractivity contribution >= 4 is 20.0 Å². The van der Waals surface area contributed by atoms with Crippen LogP contribution in [0.5, 0.6) is 11.5 Å². The normalized spacial score (nSPS) is 18.2. The van der Waals surface area contributed by atoms with Crippen LogP contribution in [0.2, 0.25) is 18.1 Å². The second kappa shape index (κ2) is 12.6. The molecule has 1 unspecified atom stereocenters. The number of pyridine rings is 2. The van der Waals surface area contributed by atoms with Gasteiger partial charge in [0.25, 0.3) is 5.92 Å². The Balaban J connectivity index is 1.39. The van der Waals surface area contributed by atoms with Crippen molar-refractivity contribution in [3.8, 4) is 11.5 Å². The molecule has 1 fully saturated rings. The number of nitrogens with one attached hydrogen (secondary N) is 2. The van der Waals surface area contributed by atoms with E-state index in [0.717, 1.165) is 0 Å². The molecule has 0 aliphatic carbocycles. The molecule has 1 aliphatic heterocycles. The molecule has 0 saturated carbocycles. The minimum absolute atomic E-state index is 0.00671. The summed E-state index contributed by atoms with van der Waals surface area (Å²) in [5, 5.41) is 2.73. The Bertz CT molecular complexity index is 1470. The van der Waals surface area contributed by atoms with Crippen LogP contribution in [0, 0.1) is 5.82 Å². The molecule has 2 N–H and O–H groups in total. The molecule has 0 spiro atoms. The van der Waals surface area contributed by atoms with E-state index in [-0.39, 0.29) is 36.1 Å². The lowest BCUT2D eigenvalue weighted by Crippen LogP contribution is -2.52. The number of aromatic nitrogens is 2. The minimum atomic E-state index is -2.97. The molecule has 4 rings (SSSR count). The number of amides is 1. The quantitative estimate of drug-likeness (QED) is 0.261. The van der Waals surface area contributed by atoms with E-state index in [1.165, 1.54) is 36.7 Å². The highest BCUT2D eigenvalue weighted by Crippen LogP contribution is 2.41. The number of nitrogens with zero attached hydrogens (tertiary/aromatic N) is 2. The molecule has 1 aliphatic rings. The van der Waals surface area contributed by atoms with E-state index in [9.17, 15) is 22.8 Å². The van der Waals surface area contributed by atoms with Crippen molar-refractivity contribution in [3.63, 3.8) is 0 Å². The topological polar surface area (TPSA) is 96.6 Å². The number of alkyl halides is 2. The molecular weight excluding hydrogens is 577 g/mol. The maximum atomic E-state index is 14.8. The van der Waals surface area contributed by atoms with Gasteiger partial charge in [0.15, 0.2) is 8.32 Å². The van der Waals surface area contributed by atoms with Crippen LogP contribution >= 0.6 is 0 Å². The Kier molecular flexibility index (Phi) is 9.53. The van der Waals surface area contributed by atoms with Gasteiger partial charge in [-0.1, -0.05) is 26.8 Å². The molecular formula is C31H39F3N4O4Si. The van der Waals surface area contributed by atoms with Gasteiger partial charge in [-0.25, -0.2) is 18.2 Å². The number of hydrogen-bond acceptors (Lipinski definition) is 6. The molecule has 2 atom stereocenters. The molecule has 3 heterocycles. The minimum Gasteiger partial charge on any atom is -0.455 e. The molecule has 0 radical (unpaired) electrons. The van der Waals surface area contributed by atoms with E-state index in [2.05, 4.69) is 49.1 Å². The monoisotopic (exact) mass is 616 g/mol. The highest BCUT2D eigenvalue weighted by molar-refractivity contribution is 6.74. The predicted octanol–water partition coefficient (Wildman–Crippen LogP) is 6.67. The summed E-state index contributed by atoms with van der Waals surface area (Å²) < 4.78 is 55.8. The van der Waals surface area contributed by atoms with Gasteiger partial charge in [-0.05, 0) is 61.0 Å². The number of rotatable bonds is 9. The highest BCUT2D eigenvalue weighted by atomic mass is 28.4. The molecule has 12 heteroatoms. The fourth-order valence-electron chi connectivity index (χ4n) is 4.54. The average Bonchev–Trinajstić information content (AvgIpc) is 2.93. The SMILES string of the molecule is CC(C(=O)Nc1ccc(Oc2ccc(F)cc2CO[Si](C)(C)C(C)(C)C)cn1)N1CCC(F)(F)[C@@H](c2ccc(=O)[nH]c2)C1. The van der Waals surface area contributed by atoms with Gasteiger partial charge in [0.05, 0.1) is 24.8 Å². The molecule has 1 amide bonds. The Labute approximate surface area is 250 Å². The second-order valence-corrected chi connectivity index (χ2v) is 17.3. The van der Waals surface area contributed by atoms with Crippen LogP contribution in [0.4, 0.5) is 19.0 Å². The van der Waals surface area contributed by atoms with Gasteiger partial charge in [0.1, 0.15) is 23.1 Å². The third-order valence-corrected chi connectivity index (χ3v) is 12.9. The molecule has 43 heavy (non-hydrogen) atoms. The number of carbonyl (C=O) groups is 1. The Morgan fingerprint density at radius 3 is 2.58 bits per heavy atom. The number of halogens is 3. The standard InChI is InChI=1S/C31H39F3N4O4Si/c1-20(38-14-13-31(33,34)25(18-38)21-7-12-28(39)36-16-21)29(40)37-27-11-9-24(17-35-27)42-26-10-8-23(32)15-22(26)19-41-43(5,6)30(2,3)4/h7-12,15-17,20,25H,13-14,18-19H2,1-6H3,(H,36,39)(H,35,37,40)/t20?,25-/m1/s1. The van der Waals surface area contributed by atoms with Crippen LogP contribution in [-0.2, 0) is 15.8 Å². The summed E-state index contributed by atoms with van der Waals surface area (Å²) in [5.41, 5.74) is 0.517. The predicted molar refractivity (Wildman–Crippen MR) is 162 cm³/mol. The van der Waals surface area contributed by atoms with Crippen molar-refractivity contribution < 1.29 is 27.1 Å². The maximum absolute atomic E-state index is 14.8. The first-order chi connectivity index (χ1) is 20.1. The van der Waals surface area contributed by atoms with Crippen LogP contribution in [0.15, 0.2) is 59.7 Å². The van der Waals surface area contributed by atoms with Gasteiger partial charge in [0, 0.05) is 37.3 Å². The summed E-state index contributed by atoms with van der Waals surface area (Å²) in [6.07, 6.45) is 2.33. The number of anilines is 1. The smallest absolute Gasteiger partial charge is 0.257 e. The van der Waals surface area contributed by atoms with Crippen molar-refractivity contribution in [2.45, 2.75) is 76.7 Å². The van der Waals surface area contributed by atoms with Gasteiger partial charge < -0.3 is 19.5 Å². The van der Waals surface area contributed by atoms with E-state index < -0.39 is 44.3 Å². The van der Waals surface area contributed by atoms with E-state index in [4.69, 9.17) is 9.16 Å². The lowest BCUT2D eigenvalue weighted by Gasteiger charge is -2.40. The van der Waals surface area contributed by atoms with E-state index in [1.807, 2.05) is 0 Å². The number of hydrogen-bond donors (Lipinski definition) is 2. The van der Waals surface area contributed by atoms with Crippen LogP contribution < -0.4 is 15.6 Å². The van der Waals surface area contributed by atoms with Crippen LogP contribution in [0.25, 0.3) is 0 Å². The average molecular weight is 617 g/mol. The number of H-pyrrole nitrogens is 1. The van der Waals surface area contributed by atoms with Crippen molar-refractivity contribution in [2.75, 3.05) is 18.4 Å². The third-order valence-electron chi connectivity index (χ3n) is 8.43. The molecule has 232 valence electrons. The van der Waals surface area contributed by atoms with E-state index >= 15 is 0 Å². The second-order valence-electron chi connectivity index (χ2n) is 12.5. The number of carbonyl (C=O) groups excluding carboxylic acids is 1. The Hall–Kier alpha value is -3.48. The summed E-state index contributed by atoms with van der Waals surface area (Å²) >= 11 is 0. The van der Waals surface area contributed by atoms with Gasteiger partial charge >= 0.3 is 0 Å². The van der Waals surface area contributed by atoms with Gasteiger partial charge in [-0.2, -0.15) is 0 Å². The first-order valence-electron chi connectivity index (χ1n) is 14.2. The maximum Gasteiger partial charge on any atom is 0.257 e. The summed E-state index contributed by atoms with van der Waals surface area (Å²) in [6.45, 7) is 12.5. The zero-order chi connectivity index (χ0) is 31.6. The fourth-order valence-corrected chi connectivity index (χ4v) is 5.49. The van der Waals surface area contributed by atoms with Crippen LogP contribution in [-0.4, -0.2) is 54.1 Å². The molecule has 8 nitrogen and oxygen atoms in total. The number of aromatic amines is 1. The fraction of sp³-hybridized carbons (Fsp3) is 0.452. The summed E-state index contributed by atoms with van der Waals surface area (Å²) in [6, 6.07) is 9.36. The molecule has 1 saturated heterocycles. The first-order valence-corrected chi connectivity index (χ1v) is 17.1. The summed E-state index contributed by atoms with van der Waals surface area (Å²) in [5.74, 6) is -3.83. The van der Waals surface area contributed by atoms with E-state index in [0.29, 0.717) is 22.6 Å². The van der Waals surface area contributed by atoms with Gasteiger partial charge in [-0.3, -0.25) is 14.5 Å². The van der Waals surface area contributed by atoms with Crippen molar-refractivity contribution in [1.82, 2.24) is 14.9 Å². The zero-order valence-electron chi connectivity index (χ0n) is 25.3. The lowest BCUT2D eigenvalue weighted by molar-refractivity contribution is -0.125. The van der Waals surface area contributed by atoms with Crippen molar-refractivity contribution in [1.29, 1.82) is 0 Å². The van der Waals surface area contributed by atoms with Crippen LogP contribution in [0.3, 0.4) is 0 Å². The lowest BCUT2D eigenvalue weighted by atomic mass is 9.87. The van der Waals surface area contributed by atoms with Gasteiger partial charge in [-0.15, -0.1) is 0 Å². The highest BCUT2D eigenvalue weighted by Gasteiger charge is 2.46. The molecule has 0 bridgehead atoms. The number of ether oxygens (including phenoxy) is 1. The zero-order valence-corrected chi connectivity index (χ0v) is 26.3. The molecule has 1 aromatic carbocycles.